The molecule has 0 saturated carbocycles. The van der Waals surface area contributed by atoms with E-state index in [1.807, 2.05) is 0 Å². The van der Waals surface area contributed by atoms with Crippen LogP contribution < -0.4 is 0 Å². The smallest absolute Gasteiger partial charge is 0.254 e. The van der Waals surface area contributed by atoms with Gasteiger partial charge >= 0.3 is 0 Å². The molecule has 1 atom stereocenters. The normalized spacial score (nSPS) is 19.8. The third-order valence-electron chi connectivity index (χ3n) is 3.67. The third-order valence-corrected chi connectivity index (χ3v) is 3.67. The van der Waals surface area contributed by atoms with Crippen LogP contribution in [0.4, 0.5) is 4.39 Å². The minimum Gasteiger partial charge on any atom is -0.505 e. The van der Waals surface area contributed by atoms with Gasteiger partial charge in [0.2, 0.25) is 0 Å². The lowest BCUT2D eigenvalue weighted by molar-refractivity contribution is 0.0211. The van der Waals surface area contributed by atoms with Crippen molar-refractivity contribution in [2.45, 2.75) is 25.9 Å². The number of carbonyl (C=O) groups excluding carboxylic acids is 1. The SMILES string of the molecule is CC(C)(O)[C@@H]1CCN(C(=O)c2ccc(F)c(O)c2)C1. The van der Waals surface area contributed by atoms with Gasteiger partial charge in [-0.15, -0.1) is 0 Å². The van der Waals surface area contributed by atoms with Crippen LogP contribution in [0, 0.1) is 11.7 Å². The fourth-order valence-corrected chi connectivity index (χ4v) is 2.35. The van der Waals surface area contributed by atoms with Crippen LogP contribution in [0.3, 0.4) is 0 Å². The molecule has 1 aromatic rings. The Morgan fingerprint density at radius 1 is 1.47 bits per heavy atom. The van der Waals surface area contributed by atoms with Gasteiger partial charge in [0.1, 0.15) is 0 Å². The second-order valence-electron chi connectivity index (χ2n) is 5.56. The zero-order valence-corrected chi connectivity index (χ0v) is 11.1. The number of likely N-dealkylation sites (tertiary alicyclic amines) is 1. The molecule has 1 amide bonds. The summed E-state index contributed by atoms with van der Waals surface area (Å²) in [5.74, 6) is -1.48. The lowest BCUT2D eigenvalue weighted by Gasteiger charge is -2.25. The Bertz CT molecular complexity index is 496. The van der Waals surface area contributed by atoms with E-state index < -0.39 is 17.2 Å². The minimum atomic E-state index is -0.819. The summed E-state index contributed by atoms with van der Waals surface area (Å²) >= 11 is 0. The van der Waals surface area contributed by atoms with Crippen molar-refractivity contribution >= 4 is 5.91 Å². The van der Waals surface area contributed by atoms with E-state index in [2.05, 4.69) is 0 Å². The number of phenols is 1. The molecule has 1 aromatic carbocycles. The average molecular weight is 267 g/mol. The van der Waals surface area contributed by atoms with Crippen molar-refractivity contribution in [1.82, 2.24) is 4.90 Å². The third kappa shape index (κ3) is 2.87. The first-order chi connectivity index (χ1) is 8.79. The minimum absolute atomic E-state index is 0.0329. The zero-order valence-electron chi connectivity index (χ0n) is 11.1. The van der Waals surface area contributed by atoms with Gasteiger partial charge in [0.25, 0.3) is 5.91 Å². The first kappa shape index (κ1) is 13.8. The van der Waals surface area contributed by atoms with Crippen molar-refractivity contribution in [3.63, 3.8) is 0 Å². The monoisotopic (exact) mass is 267 g/mol. The quantitative estimate of drug-likeness (QED) is 0.858. The Labute approximate surface area is 111 Å². The highest BCUT2D eigenvalue weighted by Gasteiger charge is 2.35. The van der Waals surface area contributed by atoms with Crippen LogP contribution in [-0.2, 0) is 0 Å². The number of aliphatic hydroxyl groups is 1. The van der Waals surface area contributed by atoms with E-state index in [-0.39, 0.29) is 17.4 Å². The number of carbonyl (C=O) groups is 1. The molecule has 0 aliphatic carbocycles. The van der Waals surface area contributed by atoms with Crippen molar-refractivity contribution < 1.29 is 19.4 Å². The molecule has 0 spiro atoms. The van der Waals surface area contributed by atoms with Gasteiger partial charge in [-0.05, 0) is 38.5 Å². The van der Waals surface area contributed by atoms with E-state index in [0.29, 0.717) is 13.1 Å². The van der Waals surface area contributed by atoms with Gasteiger partial charge < -0.3 is 15.1 Å². The fourth-order valence-electron chi connectivity index (χ4n) is 2.35. The Balaban J connectivity index is 2.11. The van der Waals surface area contributed by atoms with E-state index >= 15 is 0 Å². The molecule has 1 aliphatic rings. The first-order valence-electron chi connectivity index (χ1n) is 6.29. The maximum absolute atomic E-state index is 12.9. The Morgan fingerprint density at radius 3 is 2.68 bits per heavy atom. The Kier molecular flexibility index (Phi) is 3.49. The highest BCUT2D eigenvalue weighted by molar-refractivity contribution is 5.94. The largest absolute Gasteiger partial charge is 0.505 e. The number of amides is 1. The second-order valence-corrected chi connectivity index (χ2v) is 5.56. The molecular weight excluding hydrogens is 249 g/mol. The molecule has 0 unspecified atom stereocenters. The van der Waals surface area contributed by atoms with E-state index in [1.54, 1.807) is 18.7 Å². The lowest BCUT2D eigenvalue weighted by atomic mass is 9.90. The molecule has 4 nitrogen and oxygen atoms in total. The molecule has 5 heteroatoms. The van der Waals surface area contributed by atoms with Gasteiger partial charge in [-0.2, -0.15) is 0 Å². The molecule has 1 saturated heterocycles. The highest BCUT2D eigenvalue weighted by atomic mass is 19.1. The highest BCUT2D eigenvalue weighted by Crippen LogP contribution is 2.28. The summed E-state index contributed by atoms with van der Waals surface area (Å²) in [7, 11) is 0. The van der Waals surface area contributed by atoms with Gasteiger partial charge in [-0.1, -0.05) is 0 Å². The van der Waals surface area contributed by atoms with Crippen LogP contribution in [0.1, 0.15) is 30.6 Å². The van der Waals surface area contributed by atoms with Gasteiger partial charge in [0.15, 0.2) is 11.6 Å². The van der Waals surface area contributed by atoms with Gasteiger partial charge in [0, 0.05) is 24.6 Å². The standard InChI is InChI=1S/C14H18FNO3/c1-14(2,19)10-5-6-16(8-10)13(18)9-3-4-11(15)12(17)7-9/h3-4,7,10,17,19H,5-6,8H2,1-2H3/t10-/m1/s1. The molecule has 1 heterocycles. The van der Waals surface area contributed by atoms with E-state index in [1.165, 1.54) is 6.07 Å². The van der Waals surface area contributed by atoms with Crippen molar-refractivity contribution in [2.75, 3.05) is 13.1 Å². The molecular formula is C14H18FNO3. The summed E-state index contributed by atoms with van der Waals surface area (Å²) in [6, 6.07) is 3.57. The number of aromatic hydroxyl groups is 1. The molecule has 1 aliphatic heterocycles. The van der Waals surface area contributed by atoms with Crippen LogP contribution in [0.5, 0.6) is 5.75 Å². The molecule has 2 N–H and O–H groups in total. The number of rotatable bonds is 2. The number of hydrogen-bond acceptors (Lipinski definition) is 3. The lowest BCUT2D eigenvalue weighted by Crippen LogP contribution is -2.35. The van der Waals surface area contributed by atoms with Gasteiger partial charge in [0.05, 0.1) is 5.60 Å². The van der Waals surface area contributed by atoms with Crippen molar-refractivity contribution in [2.24, 2.45) is 5.92 Å². The van der Waals surface area contributed by atoms with E-state index in [4.69, 9.17) is 0 Å². The van der Waals surface area contributed by atoms with Crippen molar-refractivity contribution in [3.05, 3.63) is 29.6 Å². The Hall–Kier alpha value is -1.62. The number of halogens is 1. The molecule has 104 valence electrons. The van der Waals surface area contributed by atoms with Crippen LogP contribution in [-0.4, -0.2) is 39.7 Å². The predicted octanol–water partition coefficient (Wildman–Crippen LogP) is 1.76. The van der Waals surface area contributed by atoms with E-state index in [9.17, 15) is 19.4 Å². The number of phenolic OH excluding ortho intramolecular Hbond substituents is 1. The average Bonchev–Trinajstić information content (AvgIpc) is 2.81. The number of nitrogens with zero attached hydrogens (tertiary/aromatic N) is 1. The number of benzene rings is 1. The molecule has 2 rings (SSSR count). The van der Waals surface area contributed by atoms with Crippen LogP contribution in [0.25, 0.3) is 0 Å². The van der Waals surface area contributed by atoms with E-state index in [0.717, 1.165) is 18.6 Å². The van der Waals surface area contributed by atoms with Crippen LogP contribution in [0.15, 0.2) is 18.2 Å². The second kappa shape index (κ2) is 4.81. The van der Waals surface area contributed by atoms with Crippen molar-refractivity contribution in [3.8, 4) is 5.75 Å². The maximum Gasteiger partial charge on any atom is 0.254 e. The van der Waals surface area contributed by atoms with Crippen LogP contribution >= 0.6 is 0 Å². The topological polar surface area (TPSA) is 60.8 Å². The van der Waals surface area contributed by atoms with Crippen molar-refractivity contribution in [1.29, 1.82) is 0 Å². The summed E-state index contributed by atoms with van der Waals surface area (Å²) in [5, 5.41) is 19.2. The summed E-state index contributed by atoms with van der Waals surface area (Å²) in [4.78, 5) is 13.8. The molecule has 1 fully saturated rings. The predicted molar refractivity (Wildman–Crippen MR) is 68.4 cm³/mol. The molecule has 0 aromatic heterocycles. The van der Waals surface area contributed by atoms with Gasteiger partial charge in [-0.3, -0.25) is 4.79 Å². The molecule has 19 heavy (non-hydrogen) atoms. The van der Waals surface area contributed by atoms with Crippen LogP contribution in [0.2, 0.25) is 0 Å². The zero-order chi connectivity index (χ0) is 14.2. The summed E-state index contributed by atoms with van der Waals surface area (Å²) in [6.07, 6.45) is 0.739. The molecule has 0 radical (unpaired) electrons. The molecule has 0 bridgehead atoms. The summed E-state index contributed by atoms with van der Waals surface area (Å²) < 4.78 is 12.9. The summed E-state index contributed by atoms with van der Waals surface area (Å²) in [5.41, 5.74) is -0.560. The van der Waals surface area contributed by atoms with Gasteiger partial charge in [-0.25, -0.2) is 4.39 Å². The maximum atomic E-state index is 12.9. The summed E-state index contributed by atoms with van der Waals surface area (Å²) in [6.45, 7) is 4.50. The first-order valence-corrected chi connectivity index (χ1v) is 6.29. The fraction of sp³-hybridized carbons (Fsp3) is 0.500. The Morgan fingerprint density at radius 2 is 2.16 bits per heavy atom. The number of hydrogen-bond donors (Lipinski definition) is 2.